The molecule has 2 nitrogen and oxygen atoms in total. The highest BCUT2D eigenvalue weighted by Gasteiger charge is 2.08. The molecule has 0 aliphatic heterocycles. The van der Waals surface area contributed by atoms with E-state index in [2.05, 4.69) is 17.4 Å². The van der Waals surface area contributed by atoms with Crippen molar-refractivity contribution in [1.82, 2.24) is 5.32 Å². The second-order valence-corrected chi connectivity index (χ2v) is 5.83. The fourth-order valence-electron chi connectivity index (χ4n) is 1.97. The van der Waals surface area contributed by atoms with Gasteiger partial charge in [0, 0.05) is 6.07 Å². The van der Waals surface area contributed by atoms with E-state index in [1.165, 1.54) is 5.56 Å². The van der Waals surface area contributed by atoms with E-state index in [-0.39, 0.29) is 0 Å². The zero-order valence-corrected chi connectivity index (χ0v) is 13.9. The molecule has 0 aliphatic rings. The number of halogens is 3. The number of hydrogen-bond donors (Lipinski definition) is 1. The molecule has 0 unspecified atom stereocenters. The molecule has 2 aromatic rings. The number of nitrogens with one attached hydrogen (secondary N) is 1. The molecule has 0 heterocycles. The third-order valence-corrected chi connectivity index (χ3v) is 4.14. The molecule has 5 heteroatoms. The SMILES string of the molecule is CNCCc1ccccc1COc1cc(Cl)c(Cl)cc1Cl. The van der Waals surface area contributed by atoms with Crippen LogP contribution in [0.4, 0.5) is 0 Å². The smallest absolute Gasteiger partial charge is 0.139 e. The van der Waals surface area contributed by atoms with E-state index >= 15 is 0 Å². The van der Waals surface area contributed by atoms with Gasteiger partial charge in [0.25, 0.3) is 0 Å². The zero-order chi connectivity index (χ0) is 15.2. The second-order valence-electron chi connectivity index (χ2n) is 4.61. The predicted molar refractivity (Wildman–Crippen MR) is 89.9 cm³/mol. The normalized spacial score (nSPS) is 10.7. The average molecular weight is 345 g/mol. The van der Waals surface area contributed by atoms with Gasteiger partial charge in [0.15, 0.2) is 0 Å². The summed E-state index contributed by atoms with van der Waals surface area (Å²) in [6, 6.07) is 11.4. The molecule has 21 heavy (non-hydrogen) atoms. The van der Waals surface area contributed by atoms with Crippen LogP contribution in [-0.4, -0.2) is 13.6 Å². The van der Waals surface area contributed by atoms with E-state index < -0.39 is 0 Å². The van der Waals surface area contributed by atoms with Gasteiger partial charge in [-0.15, -0.1) is 0 Å². The number of rotatable bonds is 6. The first kappa shape index (κ1) is 16.4. The molecule has 0 aliphatic carbocycles. The van der Waals surface area contributed by atoms with Crippen LogP contribution in [0.1, 0.15) is 11.1 Å². The van der Waals surface area contributed by atoms with Gasteiger partial charge >= 0.3 is 0 Å². The Labute approximate surface area is 140 Å². The lowest BCUT2D eigenvalue weighted by atomic mass is 10.1. The van der Waals surface area contributed by atoms with Crippen LogP contribution < -0.4 is 10.1 Å². The van der Waals surface area contributed by atoms with E-state index in [4.69, 9.17) is 39.5 Å². The van der Waals surface area contributed by atoms with Crippen LogP contribution in [0.2, 0.25) is 15.1 Å². The lowest BCUT2D eigenvalue weighted by Gasteiger charge is -2.12. The van der Waals surface area contributed by atoms with Gasteiger partial charge in [0.1, 0.15) is 12.4 Å². The van der Waals surface area contributed by atoms with Crippen molar-refractivity contribution in [3.8, 4) is 5.75 Å². The first-order valence-electron chi connectivity index (χ1n) is 6.60. The summed E-state index contributed by atoms with van der Waals surface area (Å²) in [5.41, 5.74) is 2.39. The minimum Gasteiger partial charge on any atom is -0.487 e. The highest BCUT2D eigenvalue weighted by Crippen LogP contribution is 2.34. The van der Waals surface area contributed by atoms with Crippen molar-refractivity contribution in [3.63, 3.8) is 0 Å². The summed E-state index contributed by atoms with van der Waals surface area (Å²) in [5, 5.41) is 4.45. The molecule has 2 aromatic carbocycles. The Bertz CT molecular complexity index is 616. The molecule has 0 bridgehead atoms. The fourth-order valence-corrected chi connectivity index (χ4v) is 2.56. The van der Waals surface area contributed by atoms with Crippen molar-refractivity contribution in [2.45, 2.75) is 13.0 Å². The van der Waals surface area contributed by atoms with Gasteiger partial charge in [0.05, 0.1) is 15.1 Å². The number of hydrogen-bond acceptors (Lipinski definition) is 2. The van der Waals surface area contributed by atoms with Crippen LogP contribution in [0.5, 0.6) is 5.75 Å². The molecule has 0 saturated heterocycles. The Morgan fingerprint density at radius 1 is 0.952 bits per heavy atom. The highest BCUT2D eigenvalue weighted by atomic mass is 35.5. The molecular formula is C16H16Cl3NO. The second kappa shape index (κ2) is 7.90. The van der Waals surface area contributed by atoms with Crippen molar-refractivity contribution in [3.05, 3.63) is 62.6 Å². The third kappa shape index (κ3) is 4.52. The number of benzene rings is 2. The summed E-state index contributed by atoms with van der Waals surface area (Å²) < 4.78 is 5.78. The summed E-state index contributed by atoms with van der Waals surface area (Å²) in [6.07, 6.45) is 0.950. The Morgan fingerprint density at radius 2 is 1.62 bits per heavy atom. The summed E-state index contributed by atoms with van der Waals surface area (Å²) in [6.45, 7) is 1.36. The molecule has 112 valence electrons. The predicted octanol–water partition coefficient (Wildman–Crippen LogP) is 4.99. The molecule has 0 spiro atoms. The van der Waals surface area contributed by atoms with Crippen molar-refractivity contribution in [2.75, 3.05) is 13.6 Å². The van der Waals surface area contributed by atoms with Gasteiger partial charge in [-0.25, -0.2) is 0 Å². The monoisotopic (exact) mass is 343 g/mol. The van der Waals surface area contributed by atoms with E-state index in [1.54, 1.807) is 12.1 Å². The lowest BCUT2D eigenvalue weighted by Crippen LogP contribution is -2.12. The van der Waals surface area contributed by atoms with Crippen LogP contribution >= 0.6 is 34.8 Å². The van der Waals surface area contributed by atoms with Crippen molar-refractivity contribution >= 4 is 34.8 Å². The van der Waals surface area contributed by atoms with Crippen molar-refractivity contribution < 1.29 is 4.74 Å². The Morgan fingerprint density at radius 3 is 2.33 bits per heavy atom. The summed E-state index contributed by atoms with van der Waals surface area (Å²) in [5.74, 6) is 0.537. The van der Waals surface area contributed by atoms with E-state index in [1.807, 2.05) is 19.2 Å². The minimum absolute atomic E-state index is 0.420. The summed E-state index contributed by atoms with van der Waals surface area (Å²) in [7, 11) is 1.94. The quantitative estimate of drug-likeness (QED) is 0.746. The maximum atomic E-state index is 6.11. The van der Waals surface area contributed by atoms with Crippen molar-refractivity contribution in [1.29, 1.82) is 0 Å². The van der Waals surface area contributed by atoms with Gasteiger partial charge in [-0.05, 0) is 37.2 Å². The fraction of sp³-hybridized carbons (Fsp3) is 0.250. The van der Waals surface area contributed by atoms with Gasteiger partial charge in [0.2, 0.25) is 0 Å². The molecule has 0 aromatic heterocycles. The average Bonchev–Trinajstić information content (AvgIpc) is 2.48. The molecule has 2 rings (SSSR count). The van der Waals surface area contributed by atoms with Crippen LogP contribution in [0.3, 0.4) is 0 Å². The van der Waals surface area contributed by atoms with Gasteiger partial charge in [-0.3, -0.25) is 0 Å². The minimum atomic E-state index is 0.420. The molecule has 1 N–H and O–H groups in total. The van der Waals surface area contributed by atoms with Crippen LogP contribution in [0.25, 0.3) is 0 Å². The standard InChI is InChI=1S/C16H16Cl3NO/c1-20-7-6-11-4-2-3-5-12(11)10-21-16-9-14(18)13(17)8-15(16)19/h2-5,8-9,20H,6-7,10H2,1H3. The van der Waals surface area contributed by atoms with Crippen molar-refractivity contribution in [2.24, 2.45) is 0 Å². The lowest BCUT2D eigenvalue weighted by molar-refractivity contribution is 0.305. The summed E-state index contributed by atoms with van der Waals surface area (Å²) >= 11 is 18.0. The van der Waals surface area contributed by atoms with Crippen LogP contribution in [0, 0.1) is 0 Å². The zero-order valence-electron chi connectivity index (χ0n) is 11.6. The Hall–Kier alpha value is -0.930. The van der Waals surface area contributed by atoms with Gasteiger partial charge < -0.3 is 10.1 Å². The molecule has 0 saturated carbocycles. The molecule has 0 amide bonds. The highest BCUT2D eigenvalue weighted by molar-refractivity contribution is 6.43. The van der Waals surface area contributed by atoms with Crippen LogP contribution in [-0.2, 0) is 13.0 Å². The Kier molecular flexibility index (Phi) is 6.19. The van der Waals surface area contributed by atoms with Gasteiger partial charge in [-0.1, -0.05) is 59.1 Å². The Balaban J connectivity index is 2.11. The first-order chi connectivity index (χ1) is 10.1. The first-order valence-corrected chi connectivity index (χ1v) is 7.74. The topological polar surface area (TPSA) is 21.3 Å². The number of ether oxygens (including phenoxy) is 1. The molecule has 0 atom stereocenters. The largest absolute Gasteiger partial charge is 0.487 e. The number of likely N-dealkylation sites (N-methyl/N-ethyl adjacent to an activating group) is 1. The summed E-state index contributed by atoms with van der Waals surface area (Å²) in [4.78, 5) is 0. The maximum Gasteiger partial charge on any atom is 0.139 e. The molecule has 0 fully saturated rings. The molecule has 0 radical (unpaired) electrons. The van der Waals surface area contributed by atoms with E-state index in [0.717, 1.165) is 18.5 Å². The van der Waals surface area contributed by atoms with E-state index in [9.17, 15) is 0 Å². The van der Waals surface area contributed by atoms with Crippen LogP contribution in [0.15, 0.2) is 36.4 Å². The molecular weight excluding hydrogens is 329 g/mol. The maximum absolute atomic E-state index is 6.11. The third-order valence-electron chi connectivity index (χ3n) is 3.12. The van der Waals surface area contributed by atoms with Gasteiger partial charge in [-0.2, -0.15) is 0 Å². The van der Waals surface area contributed by atoms with E-state index in [0.29, 0.717) is 27.4 Å².